The van der Waals surface area contributed by atoms with E-state index < -0.39 is 0 Å². The van der Waals surface area contributed by atoms with Crippen LogP contribution in [0.3, 0.4) is 0 Å². The molecule has 2 aromatic carbocycles. The van der Waals surface area contributed by atoms with Crippen LogP contribution in [0.4, 0.5) is 0 Å². The summed E-state index contributed by atoms with van der Waals surface area (Å²) >= 11 is 0. The quantitative estimate of drug-likeness (QED) is 0.926. The Balaban J connectivity index is 1.75. The van der Waals surface area contributed by atoms with E-state index >= 15 is 0 Å². The first kappa shape index (κ1) is 14.2. The van der Waals surface area contributed by atoms with Crippen LogP contribution in [0, 0.1) is 0 Å². The molecule has 21 heavy (non-hydrogen) atoms. The van der Waals surface area contributed by atoms with Crippen LogP contribution in [-0.2, 0) is 12.8 Å². The molecule has 2 nitrogen and oxygen atoms in total. The van der Waals surface area contributed by atoms with E-state index in [1.807, 2.05) is 18.2 Å². The highest BCUT2D eigenvalue weighted by molar-refractivity contribution is 5.38. The van der Waals surface area contributed by atoms with Crippen molar-refractivity contribution in [2.45, 2.75) is 38.2 Å². The Bertz CT molecular complexity index is 589. The molecule has 1 N–H and O–H groups in total. The van der Waals surface area contributed by atoms with Crippen LogP contribution in [0.2, 0.25) is 0 Å². The highest BCUT2D eigenvalue weighted by Crippen LogP contribution is 2.36. The Morgan fingerprint density at radius 3 is 2.57 bits per heavy atom. The largest absolute Gasteiger partial charge is 0.493 e. The fourth-order valence-electron chi connectivity index (χ4n) is 3.06. The van der Waals surface area contributed by atoms with Gasteiger partial charge in [-0.1, -0.05) is 49.4 Å². The van der Waals surface area contributed by atoms with Crippen molar-refractivity contribution in [3.05, 3.63) is 65.2 Å². The van der Waals surface area contributed by atoms with Gasteiger partial charge in [-0.25, -0.2) is 0 Å². The van der Waals surface area contributed by atoms with Gasteiger partial charge in [0.1, 0.15) is 5.75 Å². The maximum atomic E-state index is 10.6. The van der Waals surface area contributed by atoms with Gasteiger partial charge < -0.3 is 9.84 Å². The third-order valence-corrected chi connectivity index (χ3v) is 4.35. The average molecular weight is 282 g/mol. The summed E-state index contributed by atoms with van der Waals surface area (Å²) in [6.45, 7) is 2.84. The molecule has 3 rings (SSSR count). The third-order valence-electron chi connectivity index (χ3n) is 4.35. The molecule has 1 aliphatic heterocycles. The lowest BCUT2D eigenvalue weighted by Gasteiger charge is -2.29. The second-order valence-corrected chi connectivity index (χ2v) is 5.72. The molecule has 110 valence electrons. The zero-order chi connectivity index (χ0) is 14.7. The number of para-hydroxylation sites is 1. The van der Waals surface area contributed by atoms with E-state index in [1.165, 1.54) is 11.1 Å². The predicted molar refractivity (Wildman–Crippen MR) is 84.8 cm³/mol. The van der Waals surface area contributed by atoms with E-state index in [9.17, 15) is 5.11 Å². The third kappa shape index (κ3) is 3.11. The molecular weight excluding hydrogens is 260 g/mol. The SMILES string of the molecule is CCc1ccc(CC(O)C2CCOc3ccccc32)cc1. The molecule has 0 aliphatic carbocycles. The molecule has 2 aromatic rings. The number of aryl methyl sites for hydroxylation is 1. The van der Waals surface area contributed by atoms with Crippen LogP contribution in [-0.4, -0.2) is 17.8 Å². The number of ether oxygens (including phenoxy) is 1. The standard InChI is InChI=1S/C19H22O2/c1-2-14-7-9-15(10-8-14)13-18(20)16-11-12-21-19-6-4-3-5-17(16)19/h3-10,16,18,20H,2,11-13H2,1H3. The van der Waals surface area contributed by atoms with E-state index in [0.29, 0.717) is 13.0 Å². The average Bonchev–Trinajstić information content (AvgIpc) is 2.55. The molecule has 0 fully saturated rings. The van der Waals surface area contributed by atoms with Crippen molar-refractivity contribution in [3.63, 3.8) is 0 Å². The summed E-state index contributed by atoms with van der Waals surface area (Å²) in [5.41, 5.74) is 3.68. The smallest absolute Gasteiger partial charge is 0.122 e. The fraction of sp³-hybridized carbons (Fsp3) is 0.368. The Labute approximate surface area is 126 Å². The maximum absolute atomic E-state index is 10.6. The lowest BCUT2D eigenvalue weighted by atomic mass is 9.85. The maximum Gasteiger partial charge on any atom is 0.122 e. The lowest BCUT2D eigenvalue weighted by Crippen LogP contribution is -2.26. The Morgan fingerprint density at radius 2 is 1.81 bits per heavy atom. The number of hydrogen-bond acceptors (Lipinski definition) is 2. The van der Waals surface area contributed by atoms with Crippen molar-refractivity contribution in [2.75, 3.05) is 6.61 Å². The van der Waals surface area contributed by atoms with Gasteiger partial charge >= 0.3 is 0 Å². The molecular formula is C19H22O2. The minimum absolute atomic E-state index is 0.167. The van der Waals surface area contributed by atoms with Gasteiger partial charge in [0.15, 0.2) is 0 Å². The molecule has 1 aliphatic rings. The van der Waals surface area contributed by atoms with Crippen molar-refractivity contribution in [1.82, 2.24) is 0 Å². The Kier molecular flexibility index (Phi) is 4.26. The zero-order valence-corrected chi connectivity index (χ0v) is 12.5. The van der Waals surface area contributed by atoms with Crippen molar-refractivity contribution in [2.24, 2.45) is 0 Å². The van der Waals surface area contributed by atoms with Gasteiger partial charge in [0, 0.05) is 5.92 Å². The summed E-state index contributed by atoms with van der Waals surface area (Å²) in [4.78, 5) is 0. The second-order valence-electron chi connectivity index (χ2n) is 5.72. The van der Waals surface area contributed by atoms with Crippen molar-refractivity contribution < 1.29 is 9.84 Å². The second kappa shape index (κ2) is 6.31. The summed E-state index contributed by atoms with van der Waals surface area (Å²) in [7, 11) is 0. The van der Waals surface area contributed by atoms with Crippen LogP contribution < -0.4 is 4.74 Å². The summed E-state index contributed by atoms with van der Waals surface area (Å²) in [6.07, 6.45) is 2.27. The van der Waals surface area contributed by atoms with Gasteiger partial charge in [-0.2, -0.15) is 0 Å². The molecule has 1 heterocycles. The molecule has 2 unspecified atom stereocenters. The minimum Gasteiger partial charge on any atom is -0.493 e. The van der Waals surface area contributed by atoms with Gasteiger partial charge in [0.25, 0.3) is 0 Å². The monoisotopic (exact) mass is 282 g/mol. The number of hydrogen-bond donors (Lipinski definition) is 1. The molecule has 0 saturated carbocycles. The normalized spacial score (nSPS) is 18.7. The molecule has 0 saturated heterocycles. The Morgan fingerprint density at radius 1 is 1.10 bits per heavy atom. The van der Waals surface area contributed by atoms with Gasteiger partial charge in [-0.15, -0.1) is 0 Å². The molecule has 0 aromatic heterocycles. The van der Waals surface area contributed by atoms with Gasteiger partial charge in [0.05, 0.1) is 12.7 Å². The number of benzene rings is 2. The van der Waals surface area contributed by atoms with Crippen molar-refractivity contribution in [1.29, 1.82) is 0 Å². The van der Waals surface area contributed by atoms with Crippen molar-refractivity contribution in [3.8, 4) is 5.75 Å². The summed E-state index contributed by atoms with van der Waals surface area (Å²) in [5, 5.41) is 10.6. The van der Waals surface area contributed by atoms with E-state index in [-0.39, 0.29) is 12.0 Å². The van der Waals surface area contributed by atoms with Crippen LogP contribution in [0.15, 0.2) is 48.5 Å². The molecule has 0 radical (unpaired) electrons. The van der Waals surface area contributed by atoms with Crippen LogP contribution in [0.25, 0.3) is 0 Å². The number of aliphatic hydroxyl groups is 1. The minimum atomic E-state index is -0.359. The highest BCUT2D eigenvalue weighted by Gasteiger charge is 2.27. The van der Waals surface area contributed by atoms with E-state index in [4.69, 9.17) is 4.74 Å². The fourth-order valence-corrected chi connectivity index (χ4v) is 3.06. The van der Waals surface area contributed by atoms with E-state index in [2.05, 4.69) is 37.3 Å². The van der Waals surface area contributed by atoms with Crippen molar-refractivity contribution >= 4 is 0 Å². The number of fused-ring (bicyclic) bond motifs is 1. The Hall–Kier alpha value is -1.80. The van der Waals surface area contributed by atoms with Crippen LogP contribution in [0.5, 0.6) is 5.75 Å². The van der Waals surface area contributed by atoms with Gasteiger partial charge in [0.2, 0.25) is 0 Å². The summed E-state index contributed by atoms with van der Waals surface area (Å²) in [5.74, 6) is 1.09. The van der Waals surface area contributed by atoms with Gasteiger partial charge in [-0.05, 0) is 42.0 Å². The first-order chi connectivity index (χ1) is 10.3. The van der Waals surface area contributed by atoms with Crippen LogP contribution >= 0.6 is 0 Å². The first-order valence-corrected chi connectivity index (χ1v) is 7.75. The number of aliphatic hydroxyl groups excluding tert-OH is 1. The first-order valence-electron chi connectivity index (χ1n) is 7.75. The molecule has 0 amide bonds. The summed E-state index contributed by atoms with van der Waals surface area (Å²) in [6, 6.07) is 16.6. The predicted octanol–water partition coefficient (Wildman–Crippen LogP) is 3.72. The lowest BCUT2D eigenvalue weighted by molar-refractivity contribution is 0.116. The van der Waals surface area contributed by atoms with Crippen LogP contribution in [0.1, 0.15) is 36.0 Å². The molecule has 2 atom stereocenters. The molecule has 0 spiro atoms. The zero-order valence-electron chi connectivity index (χ0n) is 12.5. The highest BCUT2D eigenvalue weighted by atomic mass is 16.5. The number of rotatable bonds is 4. The molecule has 2 heteroatoms. The van der Waals surface area contributed by atoms with Gasteiger partial charge in [-0.3, -0.25) is 0 Å². The van der Waals surface area contributed by atoms with E-state index in [1.54, 1.807) is 0 Å². The summed E-state index contributed by atoms with van der Waals surface area (Å²) < 4.78 is 5.67. The van der Waals surface area contributed by atoms with E-state index in [0.717, 1.165) is 24.2 Å². The molecule has 0 bridgehead atoms. The topological polar surface area (TPSA) is 29.5 Å².